The largest absolute Gasteiger partial charge is 0.469 e. The van der Waals surface area contributed by atoms with Crippen molar-refractivity contribution in [2.75, 3.05) is 25.5 Å². The van der Waals surface area contributed by atoms with Crippen molar-refractivity contribution in [3.8, 4) is 0 Å². The summed E-state index contributed by atoms with van der Waals surface area (Å²) in [4.78, 5) is 25.8. The number of methoxy groups -OCH3 is 1. The van der Waals surface area contributed by atoms with Crippen molar-refractivity contribution < 1.29 is 14.3 Å². The molecule has 1 saturated carbocycles. The molecule has 6 heteroatoms. The number of carbonyl (C=O) groups excluding carboxylic acids is 2. The fourth-order valence-electron chi connectivity index (χ4n) is 2.95. The molecule has 1 aliphatic rings. The maximum atomic E-state index is 12.3. The molecule has 23 heavy (non-hydrogen) atoms. The Bertz CT molecular complexity index is 544. The van der Waals surface area contributed by atoms with E-state index in [9.17, 15) is 9.59 Å². The predicted octanol–water partition coefficient (Wildman–Crippen LogP) is 3.09. The van der Waals surface area contributed by atoms with E-state index in [1.165, 1.54) is 20.0 Å². The van der Waals surface area contributed by atoms with Gasteiger partial charge in [-0.1, -0.05) is 30.5 Å². The standard InChI is InChI=1S/C17H23ClN2O3/c1-23-17(22)9-10-20(15-7-2-3-8-15)12-16(21)19-14-6-4-5-13(18)11-14/h4-6,11,15H,2-3,7-10,12H2,1H3,(H,19,21). The molecule has 5 nitrogen and oxygen atoms in total. The number of hydrogen-bond acceptors (Lipinski definition) is 4. The third kappa shape index (κ3) is 5.84. The van der Waals surface area contributed by atoms with Crippen LogP contribution in [0.5, 0.6) is 0 Å². The number of nitrogens with one attached hydrogen (secondary N) is 1. The molecule has 0 heterocycles. The fraction of sp³-hybridized carbons (Fsp3) is 0.529. The summed E-state index contributed by atoms with van der Waals surface area (Å²) in [5, 5.41) is 3.44. The van der Waals surface area contributed by atoms with Crippen molar-refractivity contribution in [2.45, 2.75) is 38.1 Å². The SMILES string of the molecule is COC(=O)CCN(CC(=O)Nc1cccc(Cl)c1)C1CCCC1. The minimum absolute atomic E-state index is 0.0935. The fourth-order valence-corrected chi connectivity index (χ4v) is 3.14. The van der Waals surface area contributed by atoms with Gasteiger partial charge >= 0.3 is 5.97 Å². The highest BCUT2D eigenvalue weighted by molar-refractivity contribution is 6.30. The molecule has 1 aromatic rings. The number of esters is 1. The molecule has 0 bridgehead atoms. The lowest BCUT2D eigenvalue weighted by atomic mass is 10.2. The van der Waals surface area contributed by atoms with Gasteiger partial charge in [0.15, 0.2) is 0 Å². The molecule has 2 rings (SSSR count). The monoisotopic (exact) mass is 338 g/mol. The Labute approximate surface area is 141 Å². The zero-order valence-corrected chi connectivity index (χ0v) is 14.1. The summed E-state index contributed by atoms with van der Waals surface area (Å²) < 4.78 is 4.70. The van der Waals surface area contributed by atoms with Crippen LogP contribution in [-0.2, 0) is 14.3 Å². The van der Waals surface area contributed by atoms with Crippen LogP contribution >= 0.6 is 11.6 Å². The molecule has 0 aliphatic heterocycles. The van der Waals surface area contributed by atoms with E-state index in [1.807, 2.05) is 0 Å². The van der Waals surface area contributed by atoms with Gasteiger partial charge in [0.05, 0.1) is 20.1 Å². The van der Waals surface area contributed by atoms with Crippen LogP contribution in [0.1, 0.15) is 32.1 Å². The van der Waals surface area contributed by atoms with Crippen LogP contribution < -0.4 is 5.32 Å². The molecule has 0 atom stereocenters. The Kier molecular flexibility index (Phi) is 6.86. The van der Waals surface area contributed by atoms with Crippen LogP contribution in [0.15, 0.2) is 24.3 Å². The number of carbonyl (C=O) groups is 2. The number of benzene rings is 1. The molecule has 0 saturated heterocycles. The summed E-state index contributed by atoms with van der Waals surface area (Å²) in [5.41, 5.74) is 0.682. The zero-order valence-electron chi connectivity index (χ0n) is 13.4. The Balaban J connectivity index is 1.92. The molecular formula is C17H23ClN2O3. The van der Waals surface area contributed by atoms with Gasteiger partial charge in [0.2, 0.25) is 5.91 Å². The van der Waals surface area contributed by atoms with Crippen molar-refractivity contribution in [3.05, 3.63) is 29.3 Å². The smallest absolute Gasteiger partial charge is 0.306 e. The van der Waals surface area contributed by atoms with Gasteiger partial charge in [-0.15, -0.1) is 0 Å². The molecule has 126 valence electrons. The van der Waals surface area contributed by atoms with E-state index in [1.54, 1.807) is 24.3 Å². The lowest BCUT2D eigenvalue weighted by Gasteiger charge is -2.27. The number of halogens is 1. The van der Waals surface area contributed by atoms with Crippen molar-refractivity contribution in [2.24, 2.45) is 0 Å². The van der Waals surface area contributed by atoms with E-state index in [0.29, 0.717) is 29.7 Å². The molecule has 0 aromatic heterocycles. The summed E-state index contributed by atoms with van der Waals surface area (Å²) in [7, 11) is 1.38. The lowest BCUT2D eigenvalue weighted by Crippen LogP contribution is -2.40. The first-order valence-corrected chi connectivity index (χ1v) is 8.32. The van der Waals surface area contributed by atoms with E-state index >= 15 is 0 Å². The van der Waals surface area contributed by atoms with Gasteiger partial charge in [-0.2, -0.15) is 0 Å². The van der Waals surface area contributed by atoms with E-state index in [4.69, 9.17) is 16.3 Å². The number of nitrogens with zero attached hydrogens (tertiary/aromatic N) is 1. The predicted molar refractivity (Wildman–Crippen MR) is 90.5 cm³/mol. The molecule has 1 amide bonds. The molecule has 0 unspecified atom stereocenters. The summed E-state index contributed by atoms with van der Waals surface area (Å²) in [6.45, 7) is 0.814. The third-order valence-corrected chi connectivity index (χ3v) is 4.36. The first-order chi connectivity index (χ1) is 11.1. The summed E-state index contributed by atoms with van der Waals surface area (Å²) >= 11 is 5.93. The molecule has 1 N–H and O–H groups in total. The Hall–Kier alpha value is -1.59. The minimum Gasteiger partial charge on any atom is -0.469 e. The Morgan fingerprint density at radius 2 is 2.09 bits per heavy atom. The summed E-state index contributed by atoms with van der Waals surface area (Å²) in [6, 6.07) is 7.44. The first-order valence-electron chi connectivity index (χ1n) is 7.95. The van der Waals surface area contributed by atoms with Gasteiger partial charge in [-0.25, -0.2) is 0 Å². The normalized spacial score (nSPS) is 14.9. The molecule has 0 spiro atoms. The number of ether oxygens (including phenoxy) is 1. The van der Waals surface area contributed by atoms with Gasteiger partial charge in [0.1, 0.15) is 0 Å². The third-order valence-electron chi connectivity index (χ3n) is 4.13. The summed E-state index contributed by atoms with van der Waals surface area (Å²) in [5.74, 6) is -0.340. The second kappa shape index (κ2) is 8.89. The van der Waals surface area contributed by atoms with Gasteiger partial charge in [0.25, 0.3) is 0 Å². The van der Waals surface area contributed by atoms with E-state index < -0.39 is 0 Å². The van der Waals surface area contributed by atoms with Crippen molar-refractivity contribution >= 4 is 29.2 Å². The first kappa shape index (κ1) is 17.8. The molecule has 0 radical (unpaired) electrons. The van der Waals surface area contributed by atoms with Gasteiger partial charge < -0.3 is 10.1 Å². The van der Waals surface area contributed by atoms with Crippen molar-refractivity contribution in [3.63, 3.8) is 0 Å². The van der Waals surface area contributed by atoms with E-state index in [-0.39, 0.29) is 18.4 Å². The van der Waals surface area contributed by atoms with Gasteiger partial charge in [-0.05, 0) is 31.0 Å². The quantitative estimate of drug-likeness (QED) is 0.776. The highest BCUT2D eigenvalue weighted by Crippen LogP contribution is 2.24. The maximum Gasteiger partial charge on any atom is 0.306 e. The number of hydrogen-bond donors (Lipinski definition) is 1. The number of amides is 1. The van der Waals surface area contributed by atoms with E-state index in [2.05, 4.69) is 10.2 Å². The number of rotatable bonds is 7. The number of anilines is 1. The lowest BCUT2D eigenvalue weighted by molar-refractivity contribution is -0.141. The topological polar surface area (TPSA) is 58.6 Å². The average molecular weight is 339 g/mol. The molecule has 1 aliphatic carbocycles. The van der Waals surface area contributed by atoms with Crippen LogP contribution in [0.2, 0.25) is 5.02 Å². The van der Waals surface area contributed by atoms with Gasteiger partial charge in [-0.3, -0.25) is 14.5 Å². The zero-order chi connectivity index (χ0) is 16.7. The second-order valence-corrected chi connectivity index (χ2v) is 6.23. The summed E-state index contributed by atoms with van der Waals surface area (Å²) in [6.07, 6.45) is 4.80. The van der Waals surface area contributed by atoms with Crippen molar-refractivity contribution in [1.29, 1.82) is 0 Å². The highest BCUT2D eigenvalue weighted by atomic mass is 35.5. The van der Waals surface area contributed by atoms with Crippen LogP contribution in [0.3, 0.4) is 0 Å². The Morgan fingerprint density at radius 3 is 2.74 bits per heavy atom. The molecule has 1 fully saturated rings. The van der Waals surface area contributed by atoms with Crippen LogP contribution in [0, 0.1) is 0 Å². The van der Waals surface area contributed by atoms with Crippen LogP contribution in [0.25, 0.3) is 0 Å². The molecule has 1 aromatic carbocycles. The van der Waals surface area contributed by atoms with E-state index in [0.717, 1.165) is 12.8 Å². The highest BCUT2D eigenvalue weighted by Gasteiger charge is 2.24. The average Bonchev–Trinajstić information content (AvgIpc) is 3.05. The molecular weight excluding hydrogens is 316 g/mol. The van der Waals surface area contributed by atoms with Crippen LogP contribution in [0.4, 0.5) is 5.69 Å². The van der Waals surface area contributed by atoms with Crippen LogP contribution in [-0.4, -0.2) is 43.0 Å². The Morgan fingerprint density at radius 1 is 1.35 bits per heavy atom. The van der Waals surface area contributed by atoms with Crippen molar-refractivity contribution in [1.82, 2.24) is 4.90 Å². The second-order valence-electron chi connectivity index (χ2n) is 5.79. The van der Waals surface area contributed by atoms with Gasteiger partial charge in [0, 0.05) is 23.3 Å². The minimum atomic E-state index is -0.247. The maximum absolute atomic E-state index is 12.3.